The highest BCUT2D eigenvalue weighted by atomic mass is 35.5. The van der Waals surface area contributed by atoms with Gasteiger partial charge in [-0.05, 0) is 61.0 Å². The summed E-state index contributed by atoms with van der Waals surface area (Å²) in [5, 5.41) is 0.164. The molecular weight excluding hydrogens is 370 g/mol. The van der Waals surface area contributed by atoms with Gasteiger partial charge in [-0.3, -0.25) is 9.59 Å². The first kappa shape index (κ1) is 18.5. The van der Waals surface area contributed by atoms with Gasteiger partial charge >= 0.3 is 0 Å². The molecule has 2 aromatic carbocycles. The third-order valence-electron chi connectivity index (χ3n) is 3.96. The van der Waals surface area contributed by atoms with E-state index in [1.165, 1.54) is 4.90 Å². The number of carbonyl (C=O) groups is 2. The zero-order chi connectivity index (χ0) is 18.7. The van der Waals surface area contributed by atoms with Crippen molar-refractivity contribution in [2.45, 2.75) is 26.4 Å². The zero-order valence-electron chi connectivity index (χ0n) is 14.4. The molecule has 2 aromatic rings. The molecule has 1 aliphatic heterocycles. The Morgan fingerprint density at radius 3 is 2.58 bits per heavy atom. The van der Waals surface area contributed by atoms with E-state index in [9.17, 15) is 9.59 Å². The average Bonchev–Trinajstić information content (AvgIpc) is 2.91. The van der Waals surface area contributed by atoms with E-state index in [0.717, 1.165) is 23.7 Å². The molecule has 1 saturated heterocycles. The molecule has 0 saturated carbocycles. The van der Waals surface area contributed by atoms with Crippen molar-refractivity contribution in [3.8, 4) is 5.75 Å². The van der Waals surface area contributed by atoms with Crippen molar-refractivity contribution in [2.75, 3.05) is 4.90 Å². The molecule has 26 heavy (non-hydrogen) atoms. The van der Waals surface area contributed by atoms with Crippen molar-refractivity contribution in [3.05, 3.63) is 64.0 Å². The summed E-state index contributed by atoms with van der Waals surface area (Å²) >= 11 is 7.20. The molecule has 0 unspecified atom stereocenters. The van der Waals surface area contributed by atoms with Crippen LogP contribution in [0.3, 0.4) is 0 Å². The molecule has 0 aliphatic carbocycles. The first-order chi connectivity index (χ1) is 12.5. The number of rotatable bonds is 5. The lowest BCUT2D eigenvalue weighted by atomic mass is 10.2. The van der Waals surface area contributed by atoms with Crippen LogP contribution in [-0.2, 0) is 4.79 Å². The van der Waals surface area contributed by atoms with Gasteiger partial charge in [0.05, 0.1) is 21.7 Å². The number of imide groups is 1. The number of hydrogen-bond acceptors (Lipinski definition) is 4. The van der Waals surface area contributed by atoms with Crippen molar-refractivity contribution >= 4 is 46.3 Å². The predicted molar refractivity (Wildman–Crippen MR) is 107 cm³/mol. The van der Waals surface area contributed by atoms with E-state index in [0.29, 0.717) is 21.4 Å². The number of carbonyl (C=O) groups excluding carboxylic acids is 2. The molecule has 3 rings (SSSR count). The molecule has 4 nitrogen and oxygen atoms in total. The highest BCUT2D eigenvalue weighted by Gasteiger charge is 2.36. The second-order valence-corrected chi connectivity index (χ2v) is 7.28. The summed E-state index contributed by atoms with van der Waals surface area (Å²) in [7, 11) is 0. The number of thioether (sulfide) groups is 1. The van der Waals surface area contributed by atoms with E-state index in [-0.39, 0.29) is 17.3 Å². The fourth-order valence-corrected chi connectivity index (χ4v) is 3.50. The van der Waals surface area contributed by atoms with Crippen LogP contribution in [0.1, 0.15) is 25.8 Å². The maximum atomic E-state index is 12.6. The number of hydrogen-bond donors (Lipinski definition) is 0. The summed E-state index contributed by atoms with van der Waals surface area (Å²) in [6, 6.07) is 14.2. The number of para-hydroxylation sites is 1. The molecule has 0 radical (unpaired) electrons. The summed E-state index contributed by atoms with van der Waals surface area (Å²) in [6.07, 6.45) is 2.62. The van der Waals surface area contributed by atoms with Crippen molar-refractivity contribution in [1.29, 1.82) is 0 Å². The van der Waals surface area contributed by atoms with Gasteiger partial charge in [-0.25, -0.2) is 4.90 Å². The topological polar surface area (TPSA) is 46.6 Å². The first-order valence-electron chi connectivity index (χ1n) is 8.28. The smallest absolute Gasteiger partial charge is 0.298 e. The van der Waals surface area contributed by atoms with Crippen molar-refractivity contribution in [2.24, 2.45) is 0 Å². The Hall–Kier alpha value is -2.24. The van der Waals surface area contributed by atoms with E-state index < -0.39 is 0 Å². The SMILES string of the molecule is CC[C@H](C)Oc1ccc(/C=C2/SC(=O)N(c3ccccc3)C2=O)cc1Cl. The molecule has 1 atom stereocenters. The molecule has 1 fully saturated rings. The standard InChI is InChI=1S/C20H18ClNO3S/c1-3-13(2)25-17-10-9-14(11-16(17)21)12-18-19(23)22(20(24)26-18)15-7-5-4-6-8-15/h4-13H,3H2,1-2H3/b18-12+/t13-/m0/s1. The summed E-state index contributed by atoms with van der Waals surface area (Å²) in [6.45, 7) is 4.01. The van der Waals surface area contributed by atoms with E-state index in [1.807, 2.05) is 26.0 Å². The van der Waals surface area contributed by atoms with Crippen LogP contribution >= 0.6 is 23.4 Å². The Morgan fingerprint density at radius 1 is 1.19 bits per heavy atom. The molecule has 6 heteroatoms. The lowest BCUT2D eigenvalue weighted by molar-refractivity contribution is -0.113. The Labute approximate surface area is 161 Å². The van der Waals surface area contributed by atoms with Crippen LogP contribution in [0.4, 0.5) is 10.5 Å². The Balaban J connectivity index is 1.83. The fourth-order valence-electron chi connectivity index (χ4n) is 2.42. The highest BCUT2D eigenvalue weighted by molar-refractivity contribution is 8.19. The van der Waals surface area contributed by atoms with Crippen molar-refractivity contribution in [3.63, 3.8) is 0 Å². The second-order valence-electron chi connectivity index (χ2n) is 5.88. The number of benzene rings is 2. The van der Waals surface area contributed by atoms with Gasteiger partial charge in [-0.2, -0.15) is 0 Å². The highest BCUT2D eigenvalue weighted by Crippen LogP contribution is 2.36. The molecule has 0 bridgehead atoms. The van der Waals surface area contributed by atoms with Crippen LogP contribution in [0.25, 0.3) is 6.08 Å². The number of ether oxygens (including phenoxy) is 1. The second kappa shape index (κ2) is 7.98. The molecule has 2 amide bonds. The van der Waals surface area contributed by atoms with Crippen molar-refractivity contribution in [1.82, 2.24) is 0 Å². The summed E-state index contributed by atoms with van der Waals surface area (Å²) in [5.74, 6) is 0.276. The lowest BCUT2D eigenvalue weighted by Crippen LogP contribution is -2.27. The van der Waals surface area contributed by atoms with E-state index in [2.05, 4.69) is 0 Å². The minimum absolute atomic E-state index is 0.0701. The molecule has 1 heterocycles. The number of halogens is 1. The van der Waals surface area contributed by atoms with Gasteiger partial charge in [-0.15, -0.1) is 0 Å². The van der Waals surface area contributed by atoms with Gasteiger partial charge in [0.25, 0.3) is 11.1 Å². The minimum Gasteiger partial charge on any atom is -0.489 e. The molecule has 0 aromatic heterocycles. The molecule has 1 aliphatic rings. The van der Waals surface area contributed by atoms with E-state index in [4.69, 9.17) is 16.3 Å². The summed E-state index contributed by atoms with van der Waals surface area (Å²) < 4.78 is 5.75. The van der Waals surface area contributed by atoms with Gasteiger partial charge in [0, 0.05) is 0 Å². The molecule has 0 spiro atoms. The third kappa shape index (κ3) is 3.94. The number of nitrogens with zero attached hydrogens (tertiary/aromatic N) is 1. The van der Waals surface area contributed by atoms with E-state index in [1.54, 1.807) is 42.5 Å². The number of anilines is 1. The maximum Gasteiger partial charge on any atom is 0.298 e. The number of amides is 2. The fraction of sp³-hybridized carbons (Fsp3) is 0.200. The Kier molecular flexibility index (Phi) is 5.69. The van der Waals surface area contributed by atoms with Crippen LogP contribution in [0.15, 0.2) is 53.4 Å². The molecule has 0 N–H and O–H groups in total. The third-order valence-corrected chi connectivity index (χ3v) is 5.13. The normalized spacial score (nSPS) is 17.0. The van der Waals surface area contributed by atoms with E-state index >= 15 is 0 Å². The summed E-state index contributed by atoms with van der Waals surface area (Å²) in [5.41, 5.74) is 1.30. The van der Waals surface area contributed by atoms with Crippen molar-refractivity contribution < 1.29 is 14.3 Å². The lowest BCUT2D eigenvalue weighted by Gasteiger charge is -2.14. The minimum atomic E-state index is -0.331. The zero-order valence-corrected chi connectivity index (χ0v) is 16.0. The van der Waals surface area contributed by atoms with Crippen LogP contribution in [0.5, 0.6) is 5.75 Å². The molecular formula is C20H18ClNO3S. The average molecular weight is 388 g/mol. The van der Waals surface area contributed by atoms with Crippen LogP contribution in [-0.4, -0.2) is 17.3 Å². The van der Waals surface area contributed by atoms with Crippen LogP contribution in [0.2, 0.25) is 5.02 Å². The van der Waals surface area contributed by atoms with Crippen LogP contribution in [0, 0.1) is 0 Å². The van der Waals surface area contributed by atoms with Gasteiger partial charge in [0.1, 0.15) is 5.75 Å². The monoisotopic (exact) mass is 387 g/mol. The van der Waals surface area contributed by atoms with Gasteiger partial charge in [-0.1, -0.05) is 42.8 Å². The first-order valence-corrected chi connectivity index (χ1v) is 9.48. The molecule has 134 valence electrons. The van der Waals surface area contributed by atoms with Gasteiger partial charge in [0.2, 0.25) is 0 Å². The van der Waals surface area contributed by atoms with Gasteiger partial charge in [0.15, 0.2) is 0 Å². The predicted octanol–water partition coefficient (Wildman–Crippen LogP) is 5.76. The van der Waals surface area contributed by atoms with Gasteiger partial charge < -0.3 is 4.74 Å². The van der Waals surface area contributed by atoms with Crippen LogP contribution < -0.4 is 9.64 Å². The Bertz CT molecular complexity index is 867. The maximum absolute atomic E-state index is 12.6. The Morgan fingerprint density at radius 2 is 1.92 bits per heavy atom. The quantitative estimate of drug-likeness (QED) is 0.612. The summed E-state index contributed by atoms with van der Waals surface area (Å²) in [4.78, 5) is 26.4. The largest absolute Gasteiger partial charge is 0.489 e.